The standard InChI is InChI=1S/C19H27N5S.HI/c1-4-20-19(23-13-18-21-12-15(3)25-18)22-11-14(2)24-10-9-16-7-5-6-8-17(16)24;/h5-8,12,14H,4,9-11,13H2,1-3H3,(H2,20,22,23);1H. The second-order valence-electron chi connectivity index (χ2n) is 6.36. The summed E-state index contributed by atoms with van der Waals surface area (Å²) in [5.41, 5.74) is 2.83. The maximum atomic E-state index is 4.66. The largest absolute Gasteiger partial charge is 0.366 e. The van der Waals surface area contributed by atoms with Crippen molar-refractivity contribution < 1.29 is 0 Å². The Bertz CT molecular complexity index is 730. The second kappa shape index (κ2) is 10.1. The van der Waals surface area contributed by atoms with Gasteiger partial charge in [-0.15, -0.1) is 35.3 Å². The first-order valence-electron chi connectivity index (χ1n) is 8.95. The van der Waals surface area contributed by atoms with Crippen molar-refractivity contribution in [3.8, 4) is 0 Å². The molecule has 2 aromatic rings. The monoisotopic (exact) mass is 485 g/mol. The number of para-hydroxylation sites is 1. The van der Waals surface area contributed by atoms with Gasteiger partial charge in [0.25, 0.3) is 0 Å². The van der Waals surface area contributed by atoms with Crippen LogP contribution in [0.1, 0.15) is 29.3 Å². The van der Waals surface area contributed by atoms with Gasteiger partial charge < -0.3 is 15.5 Å². The molecule has 3 rings (SSSR count). The fourth-order valence-electron chi connectivity index (χ4n) is 3.14. The van der Waals surface area contributed by atoms with E-state index in [4.69, 9.17) is 0 Å². The normalized spacial score (nSPS) is 14.6. The number of nitrogens with one attached hydrogen (secondary N) is 2. The van der Waals surface area contributed by atoms with Crippen LogP contribution in [0.25, 0.3) is 0 Å². The van der Waals surface area contributed by atoms with Gasteiger partial charge in [0.15, 0.2) is 5.96 Å². The summed E-state index contributed by atoms with van der Waals surface area (Å²) in [5.74, 6) is 0.856. The zero-order chi connectivity index (χ0) is 17.6. The Balaban J connectivity index is 0.00000243. The molecule has 142 valence electrons. The third-order valence-corrected chi connectivity index (χ3v) is 5.30. The van der Waals surface area contributed by atoms with Gasteiger partial charge >= 0.3 is 0 Å². The topological polar surface area (TPSA) is 52.6 Å². The Morgan fingerprint density at radius 1 is 1.35 bits per heavy atom. The second-order valence-corrected chi connectivity index (χ2v) is 7.68. The highest BCUT2D eigenvalue weighted by Gasteiger charge is 2.22. The van der Waals surface area contributed by atoms with Crippen molar-refractivity contribution in [3.05, 3.63) is 45.9 Å². The van der Waals surface area contributed by atoms with Crippen LogP contribution in [-0.2, 0) is 13.0 Å². The van der Waals surface area contributed by atoms with E-state index in [1.54, 1.807) is 11.3 Å². The first-order chi connectivity index (χ1) is 12.2. The van der Waals surface area contributed by atoms with Gasteiger partial charge in [0, 0.05) is 42.4 Å². The summed E-state index contributed by atoms with van der Waals surface area (Å²) in [6, 6.07) is 9.12. The summed E-state index contributed by atoms with van der Waals surface area (Å²) in [6.45, 7) is 9.85. The number of aromatic nitrogens is 1. The van der Waals surface area contributed by atoms with Gasteiger partial charge in [-0.2, -0.15) is 0 Å². The molecule has 1 aliphatic rings. The molecule has 2 heterocycles. The molecule has 26 heavy (non-hydrogen) atoms. The number of nitrogens with zero attached hydrogens (tertiary/aromatic N) is 3. The number of halogens is 1. The Morgan fingerprint density at radius 2 is 2.15 bits per heavy atom. The molecule has 1 aromatic heterocycles. The van der Waals surface area contributed by atoms with E-state index in [2.05, 4.69) is 70.5 Å². The molecule has 0 saturated carbocycles. The predicted molar refractivity (Wildman–Crippen MR) is 122 cm³/mol. The number of guanidine groups is 1. The van der Waals surface area contributed by atoms with Crippen molar-refractivity contribution in [2.75, 3.05) is 24.5 Å². The Kier molecular flexibility index (Phi) is 8.15. The van der Waals surface area contributed by atoms with Crippen LogP contribution in [0.4, 0.5) is 5.69 Å². The van der Waals surface area contributed by atoms with Crippen LogP contribution in [0.15, 0.2) is 35.5 Å². The van der Waals surface area contributed by atoms with E-state index in [0.29, 0.717) is 12.6 Å². The van der Waals surface area contributed by atoms with Crippen LogP contribution in [-0.4, -0.2) is 36.6 Å². The van der Waals surface area contributed by atoms with Gasteiger partial charge in [-0.3, -0.25) is 0 Å². The zero-order valence-corrected chi connectivity index (χ0v) is 18.8. The summed E-state index contributed by atoms with van der Waals surface area (Å²) in [4.78, 5) is 12.8. The van der Waals surface area contributed by atoms with Gasteiger partial charge in [-0.25, -0.2) is 9.98 Å². The highest BCUT2D eigenvalue weighted by molar-refractivity contribution is 14.0. The van der Waals surface area contributed by atoms with E-state index in [9.17, 15) is 0 Å². The minimum absolute atomic E-state index is 0. The minimum Gasteiger partial charge on any atom is -0.366 e. The van der Waals surface area contributed by atoms with Gasteiger partial charge in [-0.05, 0) is 38.8 Å². The Hall–Kier alpha value is -1.35. The SMILES string of the molecule is CCNC(=NCc1ncc(C)s1)NCC(C)N1CCc2ccccc21.I. The first kappa shape index (κ1) is 21.0. The molecule has 0 amide bonds. The van der Waals surface area contributed by atoms with E-state index >= 15 is 0 Å². The lowest BCUT2D eigenvalue weighted by Crippen LogP contribution is -2.45. The molecule has 2 N–H and O–H groups in total. The first-order valence-corrected chi connectivity index (χ1v) is 9.77. The number of fused-ring (bicyclic) bond motifs is 1. The van der Waals surface area contributed by atoms with Gasteiger partial charge in [0.2, 0.25) is 0 Å². The number of thiazole rings is 1. The van der Waals surface area contributed by atoms with Crippen LogP contribution in [0.5, 0.6) is 0 Å². The number of aryl methyl sites for hydroxylation is 1. The number of rotatable bonds is 6. The van der Waals surface area contributed by atoms with Crippen LogP contribution >= 0.6 is 35.3 Å². The summed E-state index contributed by atoms with van der Waals surface area (Å²) < 4.78 is 0. The van der Waals surface area contributed by atoms with Gasteiger partial charge in [0.05, 0.1) is 6.54 Å². The average Bonchev–Trinajstić information content (AvgIpc) is 3.23. The molecular formula is C19H28IN5S. The number of hydrogen-bond donors (Lipinski definition) is 2. The van der Waals surface area contributed by atoms with Crippen LogP contribution < -0.4 is 15.5 Å². The lowest BCUT2D eigenvalue weighted by molar-refractivity contribution is 0.625. The van der Waals surface area contributed by atoms with Gasteiger partial charge in [0.1, 0.15) is 5.01 Å². The van der Waals surface area contributed by atoms with E-state index < -0.39 is 0 Å². The number of hydrogen-bond acceptors (Lipinski definition) is 4. The van der Waals surface area contributed by atoms with Gasteiger partial charge in [-0.1, -0.05) is 18.2 Å². The summed E-state index contributed by atoms with van der Waals surface area (Å²) >= 11 is 1.70. The molecule has 7 heteroatoms. The van der Waals surface area contributed by atoms with Crippen LogP contribution in [0.2, 0.25) is 0 Å². The van der Waals surface area contributed by atoms with E-state index in [0.717, 1.165) is 37.0 Å². The third kappa shape index (κ3) is 5.33. The fourth-order valence-corrected chi connectivity index (χ4v) is 3.85. The fraction of sp³-hybridized carbons (Fsp3) is 0.474. The molecular weight excluding hydrogens is 457 g/mol. The maximum absolute atomic E-state index is 4.66. The summed E-state index contributed by atoms with van der Waals surface area (Å²) in [6.07, 6.45) is 3.04. The molecule has 0 saturated heterocycles. The molecule has 1 aliphatic heterocycles. The van der Waals surface area contributed by atoms with Crippen molar-refractivity contribution in [2.45, 2.75) is 39.8 Å². The third-order valence-electron chi connectivity index (χ3n) is 4.41. The molecule has 0 aliphatic carbocycles. The zero-order valence-electron chi connectivity index (χ0n) is 15.7. The number of benzene rings is 1. The van der Waals surface area contributed by atoms with Crippen molar-refractivity contribution in [1.29, 1.82) is 0 Å². The molecule has 0 fully saturated rings. The Morgan fingerprint density at radius 3 is 2.88 bits per heavy atom. The van der Waals surface area contributed by atoms with E-state index in [1.165, 1.54) is 16.1 Å². The Labute approximate surface area is 177 Å². The quantitative estimate of drug-likeness (QED) is 0.373. The van der Waals surface area contributed by atoms with E-state index in [1.807, 2.05) is 6.20 Å². The molecule has 1 aromatic carbocycles. The lowest BCUT2D eigenvalue weighted by atomic mass is 10.2. The molecule has 1 atom stereocenters. The van der Waals surface area contributed by atoms with E-state index in [-0.39, 0.29) is 24.0 Å². The molecule has 0 radical (unpaired) electrons. The van der Waals surface area contributed by atoms with Crippen molar-refractivity contribution in [1.82, 2.24) is 15.6 Å². The van der Waals surface area contributed by atoms with Crippen molar-refractivity contribution in [2.24, 2.45) is 4.99 Å². The van der Waals surface area contributed by atoms with Crippen LogP contribution in [0, 0.1) is 6.92 Å². The summed E-state index contributed by atoms with van der Waals surface area (Å²) in [7, 11) is 0. The average molecular weight is 485 g/mol. The molecule has 1 unspecified atom stereocenters. The molecule has 5 nitrogen and oxygen atoms in total. The minimum atomic E-state index is 0. The predicted octanol–water partition coefficient (Wildman–Crippen LogP) is 3.58. The van der Waals surface area contributed by atoms with Crippen molar-refractivity contribution >= 4 is 47.0 Å². The smallest absolute Gasteiger partial charge is 0.191 e. The summed E-state index contributed by atoms with van der Waals surface area (Å²) in [5, 5.41) is 7.85. The highest BCUT2D eigenvalue weighted by atomic mass is 127. The van der Waals surface area contributed by atoms with Crippen LogP contribution in [0.3, 0.4) is 0 Å². The molecule has 0 bridgehead atoms. The number of aliphatic imine (C=N–C) groups is 1. The highest BCUT2D eigenvalue weighted by Crippen LogP contribution is 2.28. The number of anilines is 1. The lowest BCUT2D eigenvalue weighted by Gasteiger charge is -2.28. The van der Waals surface area contributed by atoms with Crippen molar-refractivity contribution in [3.63, 3.8) is 0 Å². The molecule has 0 spiro atoms. The maximum Gasteiger partial charge on any atom is 0.191 e.